The molecular weight excluding hydrogens is 592 g/mol. The Hall–Kier alpha value is -4.85. The van der Waals surface area contributed by atoms with Crippen molar-refractivity contribution < 1.29 is 40.2 Å². The quantitative estimate of drug-likeness (QED) is 0.246. The summed E-state index contributed by atoms with van der Waals surface area (Å²) in [4.78, 5) is 15.9. The number of hydrogen-bond donors (Lipinski definition) is 2. The topological polar surface area (TPSA) is 110 Å². The number of pyridine rings is 1. The fourth-order valence-electron chi connectivity index (χ4n) is 4.43. The number of nitrogens with zero attached hydrogens (tertiary/aromatic N) is 2. The number of carbonyl (C=O) groups is 1. The van der Waals surface area contributed by atoms with Gasteiger partial charge in [-0.25, -0.2) is 13.4 Å². The van der Waals surface area contributed by atoms with Crippen molar-refractivity contribution in [3.8, 4) is 22.6 Å². The molecule has 0 aliphatic carbocycles. The lowest BCUT2D eigenvalue weighted by Gasteiger charge is -2.21. The van der Waals surface area contributed by atoms with Gasteiger partial charge in [0.25, 0.3) is 5.91 Å². The van der Waals surface area contributed by atoms with Crippen LogP contribution in [0.2, 0.25) is 0 Å². The van der Waals surface area contributed by atoms with Crippen LogP contribution in [-0.4, -0.2) is 33.0 Å². The number of ether oxygens (including phenoxy) is 2. The molecule has 0 bridgehead atoms. The first-order valence-corrected chi connectivity index (χ1v) is 14.2. The van der Waals surface area contributed by atoms with Crippen LogP contribution in [0.15, 0.2) is 79.1 Å². The number of anilines is 2. The van der Waals surface area contributed by atoms with Crippen LogP contribution in [-0.2, 0) is 34.3 Å². The molecule has 1 amide bonds. The van der Waals surface area contributed by atoms with Gasteiger partial charge in [0, 0.05) is 18.3 Å². The minimum Gasteiger partial charge on any atom is -0.497 e. The number of rotatable bonds is 9. The van der Waals surface area contributed by atoms with E-state index in [0.29, 0.717) is 38.0 Å². The molecule has 0 spiro atoms. The Bertz CT molecular complexity index is 1750. The smallest absolute Gasteiger partial charge is 0.416 e. The van der Waals surface area contributed by atoms with Crippen molar-refractivity contribution in [2.75, 3.05) is 23.3 Å². The second kappa shape index (κ2) is 11.8. The van der Waals surface area contributed by atoms with E-state index in [0.717, 1.165) is 18.2 Å². The van der Waals surface area contributed by atoms with Gasteiger partial charge in [0.05, 0.1) is 24.6 Å². The van der Waals surface area contributed by atoms with E-state index >= 15 is 4.39 Å². The maximum absolute atomic E-state index is 15.6. The van der Waals surface area contributed by atoms with Gasteiger partial charge in [0.1, 0.15) is 30.3 Å². The number of nitrogens with one attached hydrogen (secondary N) is 2. The minimum atomic E-state index is -4.47. The SMILES string of the molecule is COc1ccc(COc2cc(CNc3cnccc3-c3ccc(C(F)(F)F)cc3)cc(F)c2N2CC(=O)NS2(=O)=O)cc1. The third-order valence-corrected chi connectivity index (χ3v) is 7.92. The maximum atomic E-state index is 15.6. The fraction of sp³-hybridized carbons (Fsp3) is 0.172. The highest BCUT2D eigenvalue weighted by Gasteiger charge is 2.38. The monoisotopic (exact) mass is 616 g/mol. The Labute approximate surface area is 244 Å². The van der Waals surface area contributed by atoms with Crippen molar-refractivity contribution in [2.45, 2.75) is 19.3 Å². The van der Waals surface area contributed by atoms with Crippen molar-refractivity contribution in [3.63, 3.8) is 0 Å². The second-order valence-corrected chi connectivity index (χ2v) is 11.0. The van der Waals surface area contributed by atoms with Crippen molar-refractivity contribution in [1.82, 2.24) is 9.71 Å². The van der Waals surface area contributed by atoms with E-state index in [4.69, 9.17) is 9.47 Å². The number of alkyl halides is 3. The van der Waals surface area contributed by atoms with Crippen LogP contribution in [0, 0.1) is 5.82 Å². The summed E-state index contributed by atoms with van der Waals surface area (Å²) in [5.41, 5.74) is 1.35. The molecule has 14 heteroatoms. The molecule has 4 aromatic rings. The van der Waals surface area contributed by atoms with Gasteiger partial charge in [0.15, 0.2) is 5.82 Å². The molecule has 5 rings (SSSR count). The van der Waals surface area contributed by atoms with Gasteiger partial charge >= 0.3 is 16.4 Å². The predicted molar refractivity (Wildman–Crippen MR) is 150 cm³/mol. The Morgan fingerprint density at radius 3 is 2.37 bits per heavy atom. The highest BCUT2D eigenvalue weighted by molar-refractivity contribution is 7.92. The molecular formula is C29H24F4N4O5S. The third-order valence-electron chi connectivity index (χ3n) is 6.54. The van der Waals surface area contributed by atoms with Gasteiger partial charge in [-0.1, -0.05) is 24.3 Å². The van der Waals surface area contributed by atoms with E-state index < -0.39 is 45.9 Å². The molecule has 0 saturated carbocycles. The van der Waals surface area contributed by atoms with E-state index in [2.05, 4.69) is 10.3 Å². The predicted octanol–water partition coefficient (Wildman–Crippen LogP) is 5.29. The molecule has 2 N–H and O–H groups in total. The van der Waals surface area contributed by atoms with Crippen molar-refractivity contribution in [1.29, 1.82) is 0 Å². The minimum absolute atomic E-state index is 0.0132. The van der Waals surface area contributed by atoms with Crippen LogP contribution in [0.4, 0.5) is 28.9 Å². The summed E-state index contributed by atoms with van der Waals surface area (Å²) in [7, 11) is -2.82. The zero-order valence-corrected chi connectivity index (χ0v) is 23.3. The first kappa shape index (κ1) is 29.6. The molecule has 1 aliphatic heterocycles. The van der Waals surface area contributed by atoms with Crippen LogP contribution in [0.1, 0.15) is 16.7 Å². The normalized spacial score (nSPS) is 14.3. The van der Waals surface area contributed by atoms with Gasteiger partial charge in [-0.15, -0.1) is 0 Å². The third kappa shape index (κ3) is 6.64. The first-order chi connectivity index (χ1) is 20.4. The van der Waals surface area contributed by atoms with Crippen LogP contribution in [0.5, 0.6) is 11.5 Å². The lowest BCUT2D eigenvalue weighted by atomic mass is 10.0. The number of hydrogen-bond acceptors (Lipinski definition) is 7. The summed E-state index contributed by atoms with van der Waals surface area (Å²) in [5.74, 6) is -1.28. The summed E-state index contributed by atoms with van der Waals surface area (Å²) >= 11 is 0. The fourth-order valence-corrected chi connectivity index (χ4v) is 5.60. The van der Waals surface area contributed by atoms with Gasteiger partial charge in [-0.2, -0.15) is 21.6 Å². The van der Waals surface area contributed by atoms with Crippen molar-refractivity contribution >= 4 is 27.5 Å². The lowest BCUT2D eigenvalue weighted by molar-refractivity contribution is -0.137. The molecule has 43 heavy (non-hydrogen) atoms. The van der Waals surface area contributed by atoms with E-state index in [1.54, 1.807) is 30.3 Å². The number of aromatic nitrogens is 1. The second-order valence-electron chi connectivity index (χ2n) is 9.45. The first-order valence-electron chi connectivity index (χ1n) is 12.7. The summed E-state index contributed by atoms with van der Waals surface area (Å²) in [5, 5.41) is 3.11. The standard InChI is InChI=1S/C29H24F4N4O5S/c1-41-22-8-2-18(3-9-22)17-42-26-13-19(12-24(30)28(26)37-16-27(38)36-43(37,39)40)14-35-25-15-34-11-10-23(25)20-4-6-21(7-5-20)29(31,32)33/h2-13,15,35H,14,16-17H2,1H3,(H,36,38). The van der Waals surface area contributed by atoms with E-state index in [-0.39, 0.29) is 18.9 Å². The highest BCUT2D eigenvalue weighted by Crippen LogP contribution is 2.37. The number of amides is 1. The number of halogens is 4. The number of benzene rings is 3. The van der Waals surface area contributed by atoms with Crippen LogP contribution in [0.3, 0.4) is 0 Å². The molecule has 9 nitrogen and oxygen atoms in total. The molecule has 1 saturated heterocycles. The molecule has 224 valence electrons. The Kier molecular flexibility index (Phi) is 8.13. The molecule has 2 heterocycles. The molecule has 3 aromatic carbocycles. The Morgan fingerprint density at radius 2 is 1.74 bits per heavy atom. The van der Waals surface area contributed by atoms with E-state index in [9.17, 15) is 26.4 Å². The average molecular weight is 617 g/mol. The lowest BCUT2D eigenvalue weighted by Crippen LogP contribution is -2.30. The molecule has 1 aliphatic rings. The zero-order valence-electron chi connectivity index (χ0n) is 22.5. The molecule has 0 radical (unpaired) electrons. The van der Waals surface area contributed by atoms with Crippen molar-refractivity contribution in [3.05, 3.63) is 102 Å². The average Bonchev–Trinajstić information content (AvgIpc) is 3.25. The summed E-state index contributed by atoms with van der Waals surface area (Å²) in [6.07, 6.45) is -1.50. The van der Waals surface area contributed by atoms with E-state index in [1.165, 1.54) is 37.7 Å². The van der Waals surface area contributed by atoms with Crippen molar-refractivity contribution in [2.24, 2.45) is 0 Å². The molecule has 1 fully saturated rings. The van der Waals surface area contributed by atoms with Crippen LogP contribution < -0.4 is 23.8 Å². The molecule has 0 atom stereocenters. The maximum Gasteiger partial charge on any atom is 0.416 e. The summed E-state index contributed by atoms with van der Waals surface area (Å²) < 4.78 is 93.2. The summed E-state index contributed by atoms with van der Waals surface area (Å²) in [6.45, 7) is -0.662. The molecule has 1 aromatic heterocycles. The van der Waals surface area contributed by atoms with Gasteiger partial charge < -0.3 is 14.8 Å². The Balaban J connectivity index is 1.43. The number of carbonyl (C=O) groups excluding carboxylic acids is 1. The van der Waals surface area contributed by atoms with Gasteiger partial charge in [0.2, 0.25) is 0 Å². The van der Waals surface area contributed by atoms with Crippen LogP contribution >= 0.6 is 0 Å². The zero-order chi connectivity index (χ0) is 30.8. The molecule has 0 unspecified atom stereocenters. The van der Waals surface area contributed by atoms with Gasteiger partial charge in [-0.05, 0) is 59.2 Å². The number of methoxy groups -OCH3 is 1. The van der Waals surface area contributed by atoms with Gasteiger partial charge in [-0.3, -0.25) is 9.78 Å². The summed E-state index contributed by atoms with van der Waals surface area (Å²) in [6, 6.07) is 15.7. The Morgan fingerprint density at radius 1 is 1.02 bits per heavy atom. The highest BCUT2D eigenvalue weighted by atomic mass is 32.2. The van der Waals surface area contributed by atoms with E-state index in [1.807, 2.05) is 4.72 Å². The van der Waals surface area contributed by atoms with Crippen LogP contribution in [0.25, 0.3) is 11.1 Å². The largest absolute Gasteiger partial charge is 0.497 e.